The first-order chi connectivity index (χ1) is 27.0. The third-order valence-electron chi connectivity index (χ3n) is 9.56. The van der Waals surface area contributed by atoms with Gasteiger partial charge in [-0.1, -0.05) is 114 Å². The Balaban J connectivity index is 2.45. The molecule has 0 aliphatic heterocycles. The van der Waals surface area contributed by atoms with Crippen LogP contribution in [0.25, 0.3) is 0 Å². The van der Waals surface area contributed by atoms with Gasteiger partial charge in [-0.3, -0.25) is 23.4 Å². The second-order valence-corrected chi connectivity index (χ2v) is 16.1. The fourth-order valence-corrected chi connectivity index (χ4v) is 7.06. The molecule has 1 aliphatic rings. The highest BCUT2D eigenvalue weighted by Crippen LogP contribution is 2.43. The number of carbonyl (C=O) groups is 3. The molecule has 6 atom stereocenters. The van der Waals surface area contributed by atoms with Crippen LogP contribution in [-0.2, 0) is 37.5 Å². The SMILES string of the molecule is CCCCC/C=C\C/C=C\CCCCCCCC(=O)OC[C@H](COP(=O)(O)OCCN)OC(=O)CCC/C=C\C[C@H]1C(=O)C[C@@H](O)[C@@H]1/C=C/[C@@H](O)CCCCC. The summed E-state index contributed by atoms with van der Waals surface area (Å²) in [5.74, 6) is -1.79. The Bertz CT molecular complexity index is 1220. The lowest BCUT2D eigenvalue weighted by atomic mass is 9.90. The first-order valence-electron chi connectivity index (χ1n) is 21.2. The molecule has 0 radical (unpaired) electrons. The molecule has 1 rings (SSSR count). The second kappa shape index (κ2) is 33.5. The summed E-state index contributed by atoms with van der Waals surface area (Å²) in [4.78, 5) is 47.5. The van der Waals surface area contributed by atoms with Crippen LogP contribution in [0.15, 0.2) is 48.6 Å². The number of esters is 2. The van der Waals surface area contributed by atoms with E-state index in [0.717, 1.165) is 64.2 Å². The summed E-state index contributed by atoms with van der Waals surface area (Å²) in [5, 5.41) is 20.7. The predicted molar refractivity (Wildman–Crippen MR) is 220 cm³/mol. The van der Waals surface area contributed by atoms with Crippen LogP contribution in [0.3, 0.4) is 0 Å². The lowest BCUT2D eigenvalue weighted by Crippen LogP contribution is -2.29. The zero-order chi connectivity index (χ0) is 41.3. The molecule has 0 aromatic heterocycles. The topological polar surface area (TPSA) is 192 Å². The molecule has 56 heavy (non-hydrogen) atoms. The average Bonchev–Trinajstić information content (AvgIpc) is 3.44. The number of aliphatic hydroxyl groups excluding tert-OH is 2. The molecule has 0 heterocycles. The number of hydrogen-bond donors (Lipinski definition) is 4. The summed E-state index contributed by atoms with van der Waals surface area (Å²) in [6, 6.07) is 0. The standard InChI is InChI=1S/C43H74NO11P/c1-3-5-7-8-9-10-11-12-13-14-15-16-17-18-23-27-42(48)52-34-37(35-54-56(50,51)53-32-31-44)55-43(49)28-24-20-19-22-26-38-39(41(47)33-40(38)46)30-29-36(45)25-21-6-4-2/h9-10,12-13,19,22,29-30,36-39,41,45,47H,3-8,11,14-18,20-21,23-28,31-35,44H2,1-2H3,(H,50,51)/b10-9-,13-12-,22-19-,30-29+/t36-,37+,38+,39+,41+/m0/s1. The van der Waals surface area contributed by atoms with Crippen molar-refractivity contribution in [2.24, 2.45) is 17.6 Å². The van der Waals surface area contributed by atoms with Gasteiger partial charge in [0.2, 0.25) is 0 Å². The Morgan fingerprint density at radius 2 is 1.45 bits per heavy atom. The van der Waals surface area contributed by atoms with Crippen molar-refractivity contribution in [3.63, 3.8) is 0 Å². The minimum Gasteiger partial charge on any atom is -0.462 e. The Hall–Kier alpha value is -2.44. The summed E-state index contributed by atoms with van der Waals surface area (Å²) in [5.41, 5.74) is 5.33. The van der Waals surface area contributed by atoms with Crippen LogP contribution >= 0.6 is 7.82 Å². The smallest absolute Gasteiger partial charge is 0.462 e. The molecule has 1 unspecified atom stereocenters. The van der Waals surface area contributed by atoms with E-state index in [9.17, 15) is 34.1 Å². The van der Waals surface area contributed by atoms with Crippen LogP contribution in [0.1, 0.15) is 149 Å². The van der Waals surface area contributed by atoms with Crippen LogP contribution in [0.4, 0.5) is 0 Å². The van der Waals surface area contributed by atoms with E-state index in [1.807, 2.05) is 12.2 Å². The third-order valence-corrected chi connectivity index (χ3v) is 10.5. The van der Waals surface area contributed by atoms with Gasteiger partial charge in [-0.05, 0) is 64.2 Å². The number of ether oxygens (including phenoxy) is 2. The normalized spacial score (nSPS) is 19.8. The Morgan fingerprint density at radius 3 is 2.16 bits per heavy atom. The van der Waals surface area contributed by atoms with E-state index < -0.39 is 44.7 Å². The van der Waals surface area contributed by atoms with Crippen molar-refractivity contribution in [2.45, 2.75) is 167 Å². The molecule has 322 valence electrons. The van der Waals surface area contributed by atoms with Crippen LogP contribution in [0.5, 0.6) is 0 Å². The predicted octanol–water partition coefficient (Wildman–Crippen LogP) is 8.53. The van der Waals surface area contributed by atoms with E-state index in [0.29, 0.717) is 32.1 Å². The van der Waals surface area contributed by atoms with Crippen molar-refractivity contribution in [2.75, 3.05) is 26.4 Å². The van der Waals surface area contributed by atoms with Crippen molar-refractivity contribution in [1.82, 2.24) is 0 Å². The number of aliphatic hydroxyl groups is 2. The Labute approximate surface area is 337 Å². The first-order valence-corrected chi connectivity index (χ1v) is 22.7. The number of phosphoric ester groups is 1. The number of Topliss-reactive ketones (excluding diaryl/α,β-unsaturated/α-hetero) is 1. The molecule has 1 aliphatic carbocycles. The van der Waals surface area contributed by atoms with E-state index >= 15 is 0 Å². The van der Waals surface area contributed by atoms with Crippen molar-refractivity contribution in [1.29, 1.82) is 0 Å². The van der Waals surface area contributed by atoms with Gasteiger partial charge < -0.3 is 30.3 Å². The van der Waals surface area contributed by atoms with Crippen LogP contribution < -0.4 is 5.73 Å². The Morgan fingerprint density at radius 1 is 0.821 bits per heavy atom. The molecular weight excluding hydrogens is 737 g/mol. The van der Waals surface area contributed by atoms with Crippen LogP contribution in [0, 0.1) is 11.8 Å². The minimum absolute atomic E-state index is 0.00638. The molecule has 0 amide bonds. The zero-order valence-corrected chi connectivity index (χ0v) is 35.2. The van der Waals surface area contributed by atoms with Crippen molar-refractivity contribution >= 4 is 25.5 Å². The lowest BCUT2D eigenvalue weighted by molar-refractivity contribution is -0.161. The highest BCUT2D eigenvalue weighted by atomic mass is 31.2. The van der Waals surface area contributed by atoms with Gasteiger partial charge in [0.15, 0.2) is 6.10 Å². The number of rotatable bonds is 35. The van der Waals surface area contributed by atoms with Gasteiger partial charge in [0.05, 0.1) is 25.4 Å². The maximum Gasteiger partial charge on any atom is 0.472 e. The number of carbonyl (C=O) groups excluding carboxylic acids is 3. The summed E-state index contributed by atoms with van der Waals surface area (Å²) in [6.45, 7) is 3.25. The fourth-order valence-electron chi connectivity index (χ4n) is 6.29. The molecule has 0 bridgehead atoms. The van der Waals surface area contributed by atoms with E-state index in [-0.39, 0.29) is 56.6 Å². The highest BCUT2D eigenvalue weighted by molar-refractivity contribution is 7.47. The molecule has 5 N–H and O–H groups in total. The monoisotopic (exact) mass is 811 g/mol. The van der Waals surface area contributed by atoms with Crippen LogP contribution in [0.2, 0.25) is 0 Å². The van der Waals surface area contributed by atoms with Gasteiger partial charge in [-0.25, -0.2) is 4.57 Å². The third kappa shape index (κ3) is 27.2. The quantitative estimate of drug-likeness (QED) is 0.0207. The summed E-state index contributed by atoms with van der Waals surface area (Å²) in [6.07, 6.45) is 30.8. The fraction of sp³-hybridized carbons (Fsp3) is 0.744. The highest BCUT2D eigenvalue weighted by Gasteiger charge is 2.39. The largest absolute Gasteiger partial charge is 0.472 e. The van der Waals surface area contributed by atoms with Gasteiger partial charge in [-0.15, -0.1) is 0 Å². The van der Waals surface area contributed by atoms with Gasteiger partial charge >= 0.3 is 19.8 Å². The molecular formula is C43H74NO11P. The molecule has 0 aromatic rings. The van der Waals surface area contributed by atoms with Crippen molar-refractivity contribution < 1.29 is 52.6 Å². The number of hydrogen-bond acceptors (Lipinski definition) is 11. The number of allylic oxidation sites excluding steroid dienone is 6. The van der Waals surface area contributed by atoms with E-state index in [4.69, 9.17) is 24.3 Å². The average molecular weight is 812 g/mol. The van der Waals surface area contributed by atoms with Crippen molar-refractivity contribution in [3.8, 4) is 0 Å². The number of ketones is 1. The van der Waals surface area contributed by atoms with E-state index in [2.05, 4.69) is 38.2 Å². The number of unbranched alkanes of at least 4 members (excludes halogenated alkanes) is 11. The number of phosphoric acid groups is 1. The maximum absolute atomic E-state index is 12.7. The first kappa shape index (κ1) is 51.6. The molecule has 1 saturated carbocycles. The lowest BCUT2D eigenvalue weighted by Gasteiger charge is -2.19. The molecule has 0 saturated heterocycles. The van der Waals surface area contributed by atoms with Gasteiger partial charge in [0.1, 0.15) is 12.4 Å². The molecule has 1 fully saturated rings. The second-order valence-electron chi connectivity index (χ2n) is 14.6. The molecule has 13 heteroatoms. The summed E-state index contributed by atoms with van der Waals surface area (Å²) in [7, 11) is -4.46. The summed E-state index contributed by atoms with van der Waals surface area (Å²) < 4.78 is 32.7. The number of nitrogens with two attached hydrogens (primary N) is 1. The minimum atomic E-state index is -4.46. The van der Waals surface area contributed by atoms with Crippen LogP contribution in [-0.4, -0.2) is 77.5 Å². The molecule has 0 spiro atoms. The Kier molecular flexibility index (Phi) is 30.9. The molecule has 0 aromatic carbocycles. The van der Waals surface area contributed by atoms with E-state index in [1.54, 1.807) is 12.2 Å². The maximum atomic E-state index is 12.7. The van der Waals surface area contributed by atoms with Gasteiger partial charge in [0.25, 0.3) is 0 Å². The van der Waals surface area contributed by atoms with E-state index in [1.165, 1.54) is 19.3 Å². The summed E-state index contributed by atoms with van der Waals surface area (Å²) >= 11 is 0. The van der Waals surface area contributed by atoms with Gasteiger partial charge in [0, 0.05) is 37.6 Å². The zero-order valence-electron chi connectivity index (χ0n) is 34.3. The molecule has 12 nitrogen and oxygen atoms in total. The van der Waals surface area contributed by atoms with Crippen molar-refractivity contribution in [3.05, 3.63) is 48.6 Å². The van der Waals surface area contributed by atoms with Gasteiger partial charge in [-0.2, -0.15) is 0 Å².